The molecule has 1 aliphatic rings. The summed E-state index contributed by atoms with van der Waals surface area (Å²) in [5, 5.41) is 11.5. The molecule has 0 aliphatic carbocycles. The average molecular weight is 330 g/mol. The van der Waals surface area contributed by atoms with Gasteiger partial charge in [0.25, 0.3) is 0 Å². The SMILES string of the molecule is O=C(O)C1CN(C(=O)Nc2cc(Br)ccn2)CCO1. The molecule has 1 aliphatic heterocycles. The zero-order chi connectivity index (χ0) is 13.8. The Morgan fingerprint density at radius 2 is 2.37 bits per heavy atom. The molecule has 2 heterocycles. The van der Waals surface area contributed by atoms with Gasteiger partial charge in [-0.15, -0.1) is 0 Å². The monoisotopic (exact) mass is 329 g/mol. The summed E-state index contributed by atoms with van der Waals surface area (Å²) >= 11 is 3.27. The molecule has 2 N–H and O–H groups in total. The van der Waals surface area contributed by atoms with E-state index in [9.17, 15) is 9.59 Å². The number of pyridine rings is 1. The Labute approximate surface area is 117 Å². The van der Waals surface area contributed by atoms with E-state index in [0.717, 1.165) is 4.47 Å². The van der Waals surface area contributed by atoms with Gasteiger partial charge >= 0.3 is 12.0 Å². The summed E-state index contributed by atoms with van der Waals surface area (Å²) in [7, 11) is 0. The third-order valence-electron chi connectivity index (χ3n) is 2.59. The maximum absolute atomic E-state index is 12.0. The van der Waals surface area contributed by atoms with Gasteiger partial charge in [-0.25, -0.2) is 14.6 Å². The van der Waals surface area contributed by atoms with Crippen molar-refractivity contribution in [3.8, 4) is 0 Å². The summed E-state index contributed by atoms with van der Waals surface area (Å²) in [6.07, 6.45) is 0.578. The highest BCUT2D eigenvalue weighted by molar-refractivity contribution is 9.10. The fraction of sp³-hybridized carbons (Fsp3) is 0.364. The van der Waals surface area contributed by atoms with Crippen LogP contribution in [0.4, 0.5) is 10.6 Å². The van der Waals surface area contributed by atoms with E-state index in [2.05, 4.69) is 26.2 Å². The van der Waals surface area contributed by atoms with Crippen molar-refractivity contribution in [2.24, 2.45) is 0 Å². The normalized spacial score (nSPS) is 19.0. The van der Waals surface area contributed by atoms with Crippen LogP contribution in [0.25, 0.3) is 0 Å². The third kappa shape index (κ3) is 3.65. The number of carbonyl (C=O) groups is 2. The number of carboxylic acids is 1. The summed E-state index contributed by atoms with van der Waals surface area (Å²) < 4.78 is 5.84. The quantitative estimate of drug-likeness (QED) is 0.849. The van der Waals surface area contributed by atoms with Gasteiger partial charge in [-0.2, -0.15) is 0 Å². The summed E-state index contributed by atoms with van der Waals surface area (Å²) in [6.45, 7) is 0.578. The van der Waals surface area contributed by atoms with Crippen molar-refractivity contribution in [1.82, 2.24) is 9.88 Å². The maximum Gasteiger partial charge on any atom is 0.334 e. The van der Waals surface area contributed by atoms with Gasteiger partial charge in [-0.1, -0.05) is 15.9 Å². The van der Waals surface area contributed by atoms with E-state index in [1.54, 1.807) is 18.3 Å². The van der Waals surface area contributed by atoms with Crippen molar-refractivity contribution >= 4 is 33.7 Å². The summed E-state index contributed by atoms with van der Waals surface area (Å²) in [5.41, 5.74) is 0. The lowest BCUT2D eigenvalue weighted by Crippen LogP contribution is -2.50. The Balaban J connectivity index is 1.98. The standard InChI is InChI=1S/C11H12BrN3O4/c12-7-1-2-13-9(5-7)14-11(18)15-3-4-19-8(6-15)10(16)17/h1-2,5,8H,3-4,6H2,(H,16,17)(H,13,14,18). The predicted molar refractivity (Wildman–Crippen MR) is 69.9 cm³/mol. The van der Waals surface area contributed by atoms with Crippen LogP contribution in [0.15, 0.2) is 22.8 Å². The number of rotatable bonds is 2. The minimum Gasteiger partial charge on any atom is -0.479 e. The molecule has 0 bridgehead atoms. The first-order chi connectivity index (χ1) is 9.06. The molecule has 0 radical (unpaired) electrons. The van der Waals surface area contributed by atoms with Gasteiger partial charge in [0.2, 0.25) is 0 Å². The summed E-state index contributed by atoms with van der Waals surface area (Å²) in [5.74, 6) is -0.671. The Bertz CT molecular complexity index is 497. The number of anilines is 1. The molecular weight excluding hydrogens is 318 g/mol. The van der Waals surface area contributed by atoms with Crippen molar-refractivity contribution in [2.45, 2.75) is 6.10 Å². The van der Waals surface area contributed by atoms with Gasteiger partial charge < -0.3 is 14.7 Å². The highest BCUT2D eigenvalue weighted by atomic mass is 79.9. The molecule has 0 saturated carbocycles. The van der Waals surface area contributed by atoms with E-state index in [1.807, 2.05) is 0 Å². The zero-order valence-electron chi connectivity index (χ0n) is 9.88. The molecule has 1 unspecified atom stereocenters. The van der Waals surface area contributed by atoms with E-state index in [1.165, 1.54) is 4.90 Å². The molecule has 19 heavy (non-hydrogen) atoms. The molecule has 1 aromatic rings. The molecule has 7 nitrogen and oxygen atoms in total. The van der Waals surface area contributed by atoms with Gasteiger partial charge in [0.05, 0.1) is 13.2 Å². The minimum atomic E-state index is -1.07. The van der Waals surface area contributed by atoms with Crippen LogP contribution < -0.4 is 5.32 Å². The molecule has 1 saturated heterocycles. The predicted octanol–water partition coefficient (Wildman–Crippen LogP) is 1.16. The second-order valence-electron chi connectivity index (χ2n) is 3.93. The number of urea groups is 1. The molecule has 8 heteroatoms. The molecule has 1 aromatic heterocycles. The number of aliphatic carboxylic acids is 1. The highest BCUT2D eigenvalue weighted by Crippen LogP contribution is 2.14. The Hall–Kier alpha value is -1.67. The number of hydrogen-bond donors (Lipinski definition) is 2. The second kappa shape index (κ2) is 5.98. The minimum absolute atomic E-state index is 0.0230. The van der Waals surface area contributed by atoms with Crippen LogP contribution in [0.1, 0.15) is 0 Å². The topological polar surface area (TPSA) is 91.8 Å². The number of aromatic nitrogens is 1. The van der Waals surface area contributed by atoms with Crippen LogP contribution in [0, 0.1) is 0 Å². The van der Waals surface area contributed by atoms with Crippen molar-refractivity contribution in [2.75, 3.05) is 25.0 Å². The van der Waals surface area contributed by atoms with E-state index < -0.39 is 12.1 Å². The van der Waals surface area contributed by atoms with Crippen molar-refractivity contribution in [3.05, 3.63) is 22.8 Å². The van der Waals surface area contributed by atoms with Gasteiger partial charge in [-0.05, 0) is 12.1 Å². The lowest BCUT2D eigenvalue weighted by Gasteiger charge is -2.30. The smallest absolute Gasteiger partial charge is 0.334 e. The van der Waals surface area contributed by atoms with Gasteiger partial charge in [0.15, 0.2) is 6.10 Å². The molecule has 2 rings (SSSR count). The maximum atomic E-state index is 12.0. The van der Waals surface area contributed by atoms with Crippen LogP contribution in [0.2, 0.25) is 0 Å². The number of carboxylic acid groups (broad SMARTS) is 1. The molecule has 102 valence electrons. The van der Waals surface area contributed by atoms with Crippen molar-refractivity contribution in [1.29, 1.82) is 0 Å². The first-order valence-corrected chi connectivity index (χ1v) is 6.37. The summed E-state index contributed by atoms with van der Waals surface area (Å²) in [4.78, 5) is 28.2. The van der Waals surface area contributed by atoms with Crippen LogP contribution in [0.5, 0.6) is 0 Å². The highest BCUT2D eigenvalue weighted by Gasteiger charge is 2.29. The van der Waals surface area contributed by atoms with Crippen LogP contribution >= 0.6 is 15.9 Å². The zero-order valence-corrected chi connectivity index (χ0v) is 11.5. The van der Waals surface area contributed by atoms with Crippen molar-refractivity contribution < 1.29 is 19.4 Å². The molecule has 0 aromatic carbocycles. The molecular formula is C11H12BrN3O4. The van der Waals surface area contributed by atoms with Gasteiger partial charge in [0.1, 0.15) is 5.82 Å². The largest absolute Gasteiger partial charge is 0.479 e. The number of morpholine rings is 1. The summed E-state index contributed by atoms with van der Waals surface area (Å²) in [6, 6.07) is 3.01. The Morgan fingerprint density at radius 3 is 3.05 bits per heavy atom. The first kappa shape index (κ1) is 13.8. The number of carbonyl (C=O) groups excluding carboxylic acids is 1. The van der Waals surface area contributed by atoms with Gasteiger partial charge in [-0.3, -0.25) is 5.32 Å². The Kier molecular flexibility index (Phi) is 4.33. The Morgan fingerprint density at radius 1 is 1.58 bits per heavy atom. The lowest BCUT2D eigenvalue weighted by atomic mass is 10.3. The molecule has 2 amide bonds. The molecule has 0 spiro atoms. The first-order valence-electron chi connectivity index (χ1n) is 5.58. The number of hydrogen-bond acceptors (Lipinski definition) is 4. The second-order valence-corrected chi connectivity index (χ2v) is 4.85. The molecule has 1 fully saturated rings. The van der Waals surface area contributed by atoms with Crippen LogP contribution in [-0.4, -0.2) is 52.8 Å². The number of ether oxygens (including phenoxy) is 1. The number of amides is 2. The van der Waals surface area contributed by atoms with E-state index in [-0.39, 0.29) is 19.2 Å². The van der Waals surface area contributed by atoms with Crippen LogP contribution in [0.3, 0.4) is 0 Å². The third-order valence-corrected chi connectivity index (χ3v) is 3.08. The number of nitrogens with one attached hydrogen (secondary N) is 1. The average Bonchev–Trinajstić information content (AvgIpc) is 2.39. The molecule has 1 atom stereocenters. The fourth-order valence-corrected chi connectivity index (χ4v) is 1.98. The van der Waals surface area contributed by atoms with Gasteiger partial charge in [0, 0.05) is 17.2 Å². The van der Waals surface area contributed by atoms with E-state index in [4.69, 9.17) is 9.84 Å². The number of halogens is 1. The van der Waals surface area contributed by atoms with E-state index in [0.29, 0.717) is 12.4 Å². The van der Waals surface area contributed by atoms with Crippen molar-refractivity contribution in [3.63, 3.8) is 0 Å². The number of nitrogens with zero attached hydrogens (tertiary/aromatic N) is 2. The fourth-order valence-electron chi connectivity index (χ4n) is 1.64. The van der Waals surface area contributed by atoms with Crippen LogP contribution in [-0.2, 0) is 9.53 Å². The van der Waals surface area contributed by atoms with E-state index >= 15 is 0 Å². The lowest BCUT2D eigenvalue weighted by molar-refractivity contribution is -0.154.